The molecule has 0 N–H and O–H groups in total. The Morgan fingerprint density at radius 2 is 1.77 bits per heavy atom. The highest BCUT2D eigenvalue weighted by atomic mass is 16.7. The fourth-order valence-electron chi connectivity index (χ4n) is 5.51. The average molecular weight is 359 g/mol. The van der Waals surface area contributed by atoms with Crippen molar-refractivity contribution in [1.82, 2.24) is 4.90 Å². The molecule has 0 radical (unpaired) electrons. The molecule has 4 fully saturated rings. The minimum absolute atomic E-state index is 0.0200. The van der Waals surface area contributed by atoms with Crippen molar-refractivity contribution in [2.45, 2.75) is 43.6 Å². The van der Waals surface area contributed by atoms with Crippen molar-refractivity contribution in [2.24, 2.45) is 11.8 Å². The lowest BCUT2D eigenvalue weighted by atomic mass is 9.66. The standard InChI is InChI=1S/C19H21NO6/c21-19-20-12(7-22-19)3-11-5-16-17(26-9-25-16)6-13(11)18(20)10-1-2-14-15(4-10)24-8-23-14/h1-2,4,11-13,16-18H,3,5-9H2/t11?,12-,13?,16?,17?,18-/m0/s1. The molecule has 1 aliphatic carbocycles. The number of benzene rings is 1. The summed E-state index contributed by atoms with van der Waals surface area (Å²) in [4.78, 5) is 14.5. The van der Waals surface area contributed by atoms with Gasteiger partial charge in [0.2, 0.25) is 6.79 Å². The maximum atomic E-state index is 12.5. The molecular formula is C19H21NO6. The molecule has 0 bridgehead atoms. The molecule has 4 heterocycles. The molecule has 0 spiro atoms. The van der Waals surface area contributed by atoms with Gasteiger partial charge in [-0.2, -0.15) is 0 Å². The summed E-state index contributed by atoms with van der Waals surface area (Å²) in [5.41, 5.74) is 1.09. The molecule has 7 nitrogen and oxygen atoms in total. The van der Waals surface area contributed by atoms with E-state index in [1.165, 1.54) is 0 Å². The first-order valence-corrected chi connectivity index (χ1v) is 9.36. The van der Waals surface area contributed by atoms with Gasteiger partial charge in [-0.15, -0.1) is 0 Å². The number of rotatable bonds is 1. The van der Waals surface area contributed by atoms with Crippen LogP contribution in [0.1, 0.15) is 30.9 Å². The fourth-order valence-corrected chi connectivity index (χ4v) is 5.51. The van der Waals surface area contributed by atoms with Gasteiger partial charge in [0, 0.05) is 0 Å². The molecule has 0 aromatic heterocycles. The van der Waals surface area contributed by atoms with Crippen LogP contribution in [0, 0.1) is 11.8 Å². The number of ether oxygens (including phenoxy) is 5. The lowest BCUT2D eigenvalue weighted by Crippen LogP contribution is -2.52. The molecule has 1 aromatic carbocycles. The zero-order chi connectivity index (χ0) is 17.3. The molecule has 1 saturated carbocycles. The number of amides is 1. The summed E-state index contributed by atoms with van der Waals surface area (Å²) < 4.78 is 28.0. The van der Waals surface area contributed by atoms with E-state index in [4.69, 9.17) is 23.7 Å². The molecule has 1 aromatic rings. The molecule has 26 heavy (non-hydrogen) atoms. The van der Waals surface area contributed by atoms with Crippen molar-refractivity contribution >= 4 is 6.09 Å². The summed E-state index contributed by atoms with van der Waals surface area (Å²) in [5.74, 6) is 2.35. The van der Waals surface area contributed by atoms with Crippen LogP contribution in [0.5, 0.6) is 11.5 Å². The number of fused-ring (bicyclic) bond motifs is 4. The summed E-state index contributed by atoms with van der Waals surface area (Å²) in [5, 5.41) is 0. The third kappa shape index (κ3) is 2.10. The van der Waals surface area contributed by atoms with Crippen molar-refractivity contribution in [1.29, 1.82) is 0 Å². The topological polar surface area (TPSA) is 66.5 Å². The van der Waals surface area contributed by atoms with E-state index in [9.17, 15) is 4.79 Å². The van der Waals surface area contributed by atoms with Gasteiger partial charge in [-0.25, -0.2) is 4.79 Å². The average Bonchev–Trinajstić information content (AvgIpc) is 3.37. The smallest absolute Gasteiger partial charge is 0.410 e. The number of cyclic esters (lactones) is 1. The largest absolute Gasteiger partial charge is 0.454 e. The van der Waals surface area contributed by atoms with E-state index in [0.29, 0.717) is 25.2 Å². The van der Waals surface area contributed by atoms with E-state index in [1.807, 2.05) is 17.0 Å². The fraction of sp³-hybridized carbons (Fsp3) is 0.632. The van der Waals surface area contributed by atoms with Crippen molar-refractivity contribution in [3.8, 4) is 11.5 Å². The Hall–Kier alpha value is -1.99. The first-order valence-electron chi connectivity index (χ1n) is 9.36. The minimum atomic E-state index is -0.207. The maximum Gasteiger partial charge on any atom is 0.410 e. The molecule has 5 aliphatic rings. The van der Waals surface area contributed by atoms with Crippen molar-refractivity contribution < 1.29 is 28.5 Å². The lowest BCUT2D eigenvalue weighted by Gasteiger charge is -2.50. The summed E-state index contributed by atoms with van der Waals surface area (Å²) >= 11 is 0. The SMILES string of the molecule is O=C1OC[C@@H]2CC3CC4OCOC4CC3[C@H](c3ccc4c(c3)OCO4)N12. The lowest BCUT2D eigenvalue weighted by molar-refractivity contribution is -0.0333. The Kier molecular flexibility index (Phi) is 3.20. The molecule has 138 valence electrons. The van der Waals surface area contributed by atoms with Gasteiger partial charge in [0.25, 0.3) is 0 Å². The molecule has 7 heteroatoms. The number of piperidine rings is 1. The molecule has 3 saturated heterocycles. The highest BCUT2D eigenvalue weighted by molar-refractivity contribution is 5.71. The highest BCUT2D eigenvalue weighted by Crippen LogP contribution is 2.53. The minimum Gasteiger partial charge on any atom is -0.454 e. The van der Waals surface area contributed by atoms with E-state index in [-0.39, 0.29) is 37.2 Å². The number of hydrogen-bond donors (Lipinski definition) is 0. The van der Waals surface area contributed by atoms with Gasteiger partial charge in [0.1, 0.15) is 13.4 Å². The van der Waals surface area contributed by atoms with Crippen LogP contribution >= 0.6 is 0 Å². The van der Waals surface area contributed by atoms with Crippen LogP contribution in [0.4, 0.5) is 4.79 Å². The first-order chi connectivity index (χ1) is 12.8. The Morgan fingerprint density at radius 3 is 2.69 bits per heavy atom. The molecule has 4 unspecified atom stereocenters. The van der Waals surface area contributed by atoms with E-state index in [0.717, 1.165) is 36.3 Å². The Bertz CT molecular complexity index is 754. The number of nitrogens with zero attached hydrogens (tertiary/aromatic N) is 1. The Labute approximate surface area is 151 Å². The van der Waals surface area contributed by atoms with Crippen LogP contribution in [-0.4, -0.2) is 49.4 Å². The monoisotopic (exact) mass is 359 g/mol. The molecular weight excluding hydrogens is 338 g/mol. The summed E-state index contributed by atoms with van der Waals surface area (Å²) in [7, 11) is 0. The molecule has 1 amide bonds. The summed E-state index contributed by atoms with van der Waals surface area (Å²) in [6, 6.07) is 6.14. The second-order valence-corrected chi connectivity index (χ2v) is 7.85. The summed E-state index contributed by atoms with van der Waals surface area (Å²) in [6.07, 6.45) is 2.99. The van der Waals surface area contributed by atoms with Crippen LogP contribution in [-0.2, 0) is 14.2 Å². The van der Waals surface area contributed by atoms with Gasteiger partial charge >= 0.3 is 6.09 Å². The number of carbonyl (C=O) groups excluding carboxylic acids is 1. The van der Waals surface area contributed by atoms with E-state index in [2.05, 4.69) is 6.07 Å². The predicted octanol–water partition coefficient (Wildman–Crippen LogP) is 2.45. The number of carbonyl (C=O) groups is 1. The second kappa shape index (κ2) is 5.50. The van der Waals surface area contributed by atoms with E-state index in [1.54, 1.807) is 0 Å². The van der Waals surface area contributed by atoms with Gasteiger partial charge < -0.3 is 23.7 Å². The van der Waals surface area contributed by atoms with Crippen molar-refractivity contribution in [2.75, 3.05) is 20.2 Å². The molecule has 6 atom stereocenters. The zero-order valence-electron chi connectivity index (χ0n) is 14.3. The Morgan fingerprint density at radius 1 is 0.923 bits per heavy atom. The maximum absolute atomic E-state index is 12.5. The van der Waals surface area contributed by atoms with Gasteiger partial charge in [0.05, 0.1) is 24.3 Å². The van der Waals surface area contributed by atoms with Gasteiger partial charge in [-0.1, -0.05) is 6.07 Å². The highest BCUT2D eigenvalue weighted by Gasteiger charge is 2.54. The van der Waals surface area contributed by atoms with Crippen LogP contribution in [0.25, 0.3) is 0 Å². The third-order valence-corrected chi connectivity index (χ3v) is 6.65. The number of hydrogen-bond acceptors (Lipinski definition) is 6. The normalized spacial score (nSPS) is 40.0. The molecule has 4 aliphatic heterocycles. The van der Waals surface area contributed by atoms with E-state index < -0.39 is 0 Å². The van der Waals surface area contributed by atoms with Gasteiger partial charge in [0.15, 0.2) is 11.5 Å². The zero-order valence-corrected chi connectivity index (χ0v) is 14.3. The van der Waals surface area contributed by atoms with Crippen LogP contribution < -0.4 is 9.47 Å². The second-order valence-electron chi connectivity index (χ2n) is 7.85. The third-order valence-electron chi connectivity index (χ3n) is 6.65. The van der Waals surface area contributed by atoms with Gasteiger partial charge in [-0.3, -0.25) is 4.90 Å². The first kappa shape index (κ1) is 15.1. The van der Waals surface area contributed by atoms with Crippen molar-refractivity contribution in [3.05, 3.63) is 23.8 Å². The van der Waals surface area contributed by atoms with Crippen LogP contribution in [0.15, 0.2) is 18.2 Å². The summed E-state index contributed by atoms with van der Waals surface area (Å²) in [6.45, 7) is 1.12. The van der Waals surface area contributed by atoms with E-state index >= 15 is 0 Å². The van der Waals surface area contributed by atoms with Gasteiger partial charge in [-0.05, 0) is 48.8 Å². The Balaban J connectivity index is 1.41. The van der Waals surface area contributed by atoms with Crippen molar-refractivity contribution in [3.63, 3.8) is 0 Å². The predicted molar refractivity (Wildman–Crippen MR) is 87.7 cm³/mol. The molecule has 6 rings (SSSR count). The quantitative estimate of drug-likeness (QED) is 0.767. The van der Waals surface area contributed by atoms with Crippen LogP contribution in [0.2, 0.25) is 0 Å². The van der Waals surface area contributed by atoms with Crippen LogP contribution in [0.3, 0.4) is 0 Å².